The SMILES string of the molecule is COc1cc(COc2cc(CN)cc(OCc3cc(OC)cc(OC)c3)c2)cc(OC)c1. The average molecular weight is 440 g/mol. The monoisotopic (exact) mass is 439 g/mol. The molecule has 0 spiro atoms. The molecule has 0 radical (unpaired) electrons. The van der Waals surface area contributed by atoms with Crippen molar-refractivity contribution >= 4 is 0 Å². The van der Waals surface area contributed by atoms with Crippen LogP contribution in [-0.2, 0) is 19.8 Å². The van der Waals surface area contributed by atoms with E-state index in [-0.39, 0.29) is 0 Å². The van der Waals surface area contributed by atoms with Gasteiger partial charge >= 0.3 is 0 Å². The fourth-order valence-electron chi connectivity index (χ4n) is 3.15. The van der Waals surface area contributed by atoms with Crippen molar-refractivity contribution in [2.75, 3.05) is 28.4 Å². The van der Waals surface area contributed by atoms with Crippen LogP contribution in [-0.4, -0.2) is 28.4 Å². The van der Waals surface area contributed by atoms with Gasteiger partial charge in [0.25, 0.3) is 0 Å². The van der Waals surface area contributed by atoms with Crippen molar-refractivity contribution in [1.29, 1.82) is 0 Å². The lowest BCUT2D eigenvalue weighted by atomic mass is 10.2. The molecule has 3 aromatic carbocycles. The van der Waals surface area contributed by atoms with Crippen LogP contribution in [0.25, 0.3) is 0 Å². The predicted molar refractivity (Wildman–Crippen MR) is 122 cm³/mol. The van der Waals surface area contributed by atoms with Crippen LogP contribution in [0, 0.1) is 0 Å². The number of benzene rings is 3. The van der Waals surface area contributed by atoms with Gasteiger partial charge in [-0.3, -0.25) is 0 Å². The van der Waals surface area contributed by atoms with Crippen LogP contribution in [0.3, 0.4) is 0 Å². The Morgan fingerprint density at radius 1 is 0.469 bits per heavy atom. The van der Waals surface area contributed by atoms with Gasteiger partial charge in [0.05, 0.1) is 28.4 Å². The molecule has 7 nitrogen and oxygen atoms in total. The van der Waals surface area contributed by atoms with Gasteiger partial charge in [-0.2, -0.15) is 0 Å². The Morgan fingerprint density at radius 2 is 0.781 bits per heavy atom. The summed E-state index contributed by atoms with van der Waals surface area (Å²) in [6.07, 6.45) is 0. The van der Waals surface area contributed by atoms with E-state index in [1.807, 2.05) is 54.6 Å². The molecule has 3 aromatic rings. The molecule has 0 heterocycles. The van der Waals surface area contributed by atoms with Crippen LogP contribution >= 0.6 is 0 Å². The molecule has 0 aliphatic carbocycles. The summed E-state index contributed by atoms with van der Waals surface area (Å²) in [7, 11) is 6.47. The zero-order chi connectivity index (χ0) is 22.9. The van der Waals surface area contributed by atoms with Gasteiger partial charge in [0.2, 0.25) is 0 Å². The van der Waals surface area contributed by atoms with Crippen molar-refractivity contribution in [2.24, 2.45) is 5.73 Å². The third-order valence-corrected chi connectivity index (χ3v) is 4.81. The Bertz CT molecular complexity index is 915. The predicted octanol–water partition coefficient (Wildman–Crippen LogP) is 4.34. The first kappa shape index (κ1) is 23.1. The van der Waals surface area contributed by atoms with Crippen LogP contribution < -0.4 is 34.2 Å². The fraction of sp³-hybridized carbons (Fsp3) is 0.280. The Labute approximate surface area is 188 Å². The van der Waals surface area contributed by atoms with E-state index in [0.29, 0.717) is 54.3 Å². The Balaban J connectivity index is 1.73. The summed E-state index contributed by atoms with van der Waals surface area (Å²) < 4.78 is 33.3. The molecule has 32 heavy (non-hydrogen) atoms. The van der Waals surface area contributed by atoms with Gasteiger partial charge < -0.3 is 34.2 Å². The van der Waals surface area contributed by atoms with E-state index in [0.717, 1.165) is 16.7 Å². The van der Waals surface area contributed by atoms with Crippen LogP contribution in [0.2, 0.25) is 0 Å². The molecule has 0 fully saturated rings. The van der Waals surface area contributed by atoms with Gasteiger partial charge in [0.1, 0.15) is 47.7 Å². The number of ether oxygens (including phenoxy) is 6. The highest BCUT2D eigenvalue weighted by atomic mass is 16.5. The highest BCUT2D eigenvalue weighted by molar-refractivity contribution is 5.41. The first-order valence-electron chi connectivity index (χ1n) is 10.1. The van der Waals surface area contributed by atoms with Crippen molar-refractivity contribution in [2.45, 2.75) is 19.8 Å². The van der Waals surface area contributed by atoms with E-state index in [1.165, 1.54) is 0 Å². The molecule has 0 aromatic heterocycles. The standard InChI is InChI=1S/C25H29NO6/c1-27-20-7-18(8-21(11-20)28-2)15-31-24-5-17(14-26)6-25(13-24)32-16-19-9-22(29-3)12-23(10-19)30-4/h5-13H,14-16,26H2,1-4H3. The van der Waals surface area contributed by atoms with E-state index in [9.17, 15) is 0 Å². The Morgan fingerprint density at radius 3 is 1.09 bits per heavy atom. The topological polar surface area (TPSA) is 81.4 Å². The quantitative estimate of drug-likeness (QED) is 0.476. The second-order valence-corrected chi connectivity index (χ2v) is 7.04. The molecule has 0 atom stereocenters. The summed E-state index contributed by atoms with van der Waals surface area (Å²) in [6.45, 7) is 1.05. The van der Waals surface area contributed by atoms with E-state index in [2.05, 4.69) is 0 Å². The third kappa shape index (κ3) is 6.21. The molecule has 7 heteroatoms. The van der Waals surface area contributed by atoms with Gasteiger partial charge in [0, 0.05) is 24.7 Å². The lowest BCUT2D eigenvalue weighted by molar-refractivity contribution is 0.287. The lowest BCUT2D eigenvalue weighted by Gasteiger charge is -2.14. The summed E-state index contributed by atoms with van der Waals surface area (Å²) in [5.41, 5.74) is 8.63. The van der Waals surface area contributed by atoms with Crippen LogP contribution in [0.4, 0.5) is 0 Å². The Hall–Kier alpha value is -3.58. The molecule has 0 amide bonds. The molecular weight excluding hydrogens is 410 g/mol. The molecule has 170 valence electrons. The van der Waals surface area contributed by atoms with E-state index >= 15 is 0 Å². The lowest BCUT2D eigenvalue weighted by Crippen LogP contribution is -2.02. The summed E-state index contributed by atoms with van der Waals surface area (Å²) in [6, 6.07) is 16.9. The van der Waals surface area contributed by atoms with E-state index in [4.69, 9.17) is 34.2 Å². The second kappa shape index (κ2) is 11.2. The first-order valence-corrected chi connectivity index (χ1v) is 10.1. The second-order valence-electron chi connectivity index (χ2n) is 7.04. The number of nitrogens with two attached hydrogens (primary N) is 1. The van der Waals surface area contributed by atoms with E-state index in [1.54, 1.807) is 28.4 Å². The molecule has 0 aliphatic rings. The highest BCUT2D eigenvalue weighted by Gasteiger charge is 2.08. The van der Waals surface area contributed by atoms with Crippen molar-refractivity contribution < 1.29 is 28.4 Å². The minimum atomic E-state index is 0.341. The Kier molecular flexibility index (Phi) is 8.05. The smallest absolute Gasteiger partial charge is 0.123 e. The van der Waals surface area contributed by atoms with Gasteiger partial charge in [0.15, 0.2) is 0 Å². The molecule has 3 rings (SSSR count). The van der Waals surface area contributed by atoms with Crippen molar-refractivity contribution in [1.82, 2.24) is 0 Å². The number of rotatable bonds is 11. The summed E-state index contributed by atoms with van der Waals surface area (Å²) in [5, 5.41) is 0. The van der Waals surface area contributed by atoms with Crippen LogP contribution in [0.1, 0.15) is 16.7 Å². The minimum Gasteiger partial charge on any atom is -0.497 e. The van der Waals surface area contributed by atoms with Gasteiger partial charge in [-0.15, -0.1) is 0 Å². The maximum absolute atomic E-state index is 6.01. The maximum Gasteiger partial charge on any atom is 0.123 e. The molecule has 2 N–H and O–H groups in total. The summed E-state index contributed by atoms with van der Waals surface area (Å²) in [4.78, 5) is 0. The molecular formula is C25H29NO6. The van der Waals surface area contributed by atoms with Gasteiger partial charge in [-0.1, -0.05) is 0 Å². The van der Waals surface area contributed by atoms with Crippen molar-refractivity contribution in [3.63, 3.8) is 0 Å². The largest absolute Gasteiger partial charge is 0.497 e. The molecule has 0 aliphatic heterocycles. The highest BCUT2D eigenvalue weighted by Crippen LogP contribution is 2.28. The normalized spacial score (nSPS) is 10.4. The zero-order valence-electron chi connectivity index (χ0n) is 18.8. The molecule has 0 bridgehead atoms. The average Bonchev–Trinajstić information content (AvgIpc) is 2.85. The maximum atomic E-state index is 6.01. The summed E-state index contributed by atoms with van der Waals surface area (Å²) in [5.74, 6) is 4.14. The van der Waals surface area contributed by atoms with Crippen molar-refractivity contribution in [3.8, 4) is 34.5 Å². The number of hydrogen-bond acceptors (Lipinski definition) is 7. The van der Waals surface area contributed by atoms with Gasteiger partial charge in [-0.05, 0) is 53.1 Å². The van der Waals surface area contributed by atoms with Crippen molar-refractivity contribution in [3.05, 3.63) is 71.3 Å². The van der Waals surface area contributed by atoms with Gasteiger partial charge in [-0.25, -0.2) is 0 Å². The number of hydrogen-bond donors (Lipinski definition) is 1. The van der Waals surface area contributed by atoms with Crippen LogP contribution in [0.15, 0.2) is 54.6 Å². The fourth-order valence-corrected chi connectivity index (χ4v) is 3.15. The summed E-state index contributed by atoms with van der Waals surface area (Å²) >= 11 is 0. The zero-order valence-corrected chi connectivity index (χ0v) is 18.8. The number of methoxy groups -OCH3 is 4. The molecule has 0 saturated carbocycles. The third-order valence-electron chi connectivity index (χ3n) is 4.81. The molecule has 0 unspecified atom stereocenters. The van der Waals surface area contributed by atoms with Crippen LogP contribution in [0.5, 0.6) is 34.5 Å². The van der Waals surface area contributed by atoms with E-state index < -0.39 is 0 Å². The minimum absolute atomic E-state index is 0.341. The molecule has 0 saturated heterocycles. The first-order chi connectivity index (χ1) is 15.6.